The third-order valence-electron chi connectivity index (χ3n) is 3.54. The minimum Gasteiger partial charge on any atom is -0.484 e. The van der Waals surface area contributed by atoms with Crippen LogP contribution in [0.1, 0.15) is 15.9 Å². The van der Waals surface area contributed by atoms with Crippen molar-refractivity contribution in [1.82, 2.24) is 10.2 Å². The highest BCUT2D eigenvalue weighted by molar-refractivity contribution is 7.13. The molecular formula is C18H13F3N4O3S. The maximum absolute atomic E-state index is 12.7. The molecule has 3 rings (SSSR count). The fraction of sp³-hybridized carbons (Fsp3) is 0.111. The molecule has 0 unspecified atom stereocenters. The van der Waals surface area contributed by atoms with Crippen LogP contribution >= 0.6 is 11.3 Å². The Labute approximate surface area is 166 Å². The highest BCUT2D eigenvalue weighted by Crippen LogP contribution is 2.30. The number of amides is 2. The molecule has 11 heteroatoms. The van der Waals surface area contributed by atoms with E-state index in [0.717, 1.165) is 12.1 Å². The van der Waals surface area contributed by atoms with Crippen molar-refractivity contribution in [2.45, 2.75) is 6.18 Å². The van der Waals surface area contributed by atoms with Gasteiger partial charge in [0.05, 0.1) is 5.56 Å². The summed E-state index contributed by atoms with van der Waals surface area (Å²) in [4.78, 5) is 23.9. The summed E-state index contributed by atoms with van der Waals surface area (Å²) in [6, 6.07) is 10.3. The molecule has 0 aliphatic heterocycles. The van der Waals surface area contributed by atoms with Crippen molar-refractivity contribution in [2.75, 3.05) is 17.2 Å². The molecule has 2 aromatic carbocycles. The minimum atomic E-state index is -4.50. The standard InChI is InChI=1S/C18H13F3N4O3S/c19-18(20,21)12-2-1-3-13(8-12)23-15(26)9-28-14-6-4-11(5-7-14)16(27)24-17-25-22-10-29-17/h1-8,10H,9H2,(H,23,26)(H,24,25,27). The molecule has 7 nitrogen and oxygen atoms in total. The van der Waals surface area contributed by atoms with Gasteiger partial charge in [0.1, 0.15) is 11.3 Å². The summed E-state index contributed by atoms with van der Waals surface area (Å²) in [6.07, 6.45) is -4.50. The van der Waals surface area contributed by atoms with Gasteiger partial charge in [-0.2, -0.15) is 13.2 Å². The van der Waals surface area contributed by atoms with Gasteiger partial charge >= 0.3 is 6.18 Å². The average molecular weight is 422 g/mol. The SMILES string of the molecule is O=C(COc1ccc(C(=O)Nc2nncs2)cc1)Nc1cccc(C(F)(F)F)c1. The smallest absolute Gasteiger partial charge is 0.416 e. The summed E-state index contributed by atoms with van der Waals surface area (Å²) in [6.45, 7) is -0.410. The third-order valence-corrected chi connectivity index (χ3v) is 4.15. The first kappa shape index (κ1) is 20.3. The van der Waals surface area contributed by atoms with Crippen LogP contribution in [-0.2, 0) is 11.0 Å². The second-order valence-corrected chi connectivity index (χ2v) is 6.47. The molecule has 0 spiro atoms. The molecule has 1 heterocycles. The van der Waals surface area contributed by atoms with Gasteiger partial charge in [-0.1, -0.05) is 17.4 Å². The highest BCUT2D eigenvalue weighted by Gasteiger charge is 2.30. The zero-order chi connectivity index (χ0) is 20.9. The number of anilines is 2. The fourth-order valence-electron chi connectivity index (χ4n) is 2.22. The highest BCUT2D eigenvalue weighted by atomic mass is 32.1. The summed E-state index contributed by atoms with van der Waals surface area (Å²) in [7, 11) is 0. The molecule has 150 valence electrons. The van der Waals surface area contributed by atoms with Gasteiger partial charge in [-0.25, -0.2) is 0 Å². The zero-order valence-corrected chi connectivity index (χ0v) is 15.4. The molecule has 2 N–H and O–H groups in total. The van der Waals surface area contributed by atoms with Gasteiger partial charge in [0.25, 0.3) is 11.8 Å². The second-order valence-electron chi connectivity index (χ2n) is 5.64. The molecule has 0 saturated heterocycles. The Kier molecular flexibility index (Phi) is 6.07. The van der Waals surface area contributed by atoms with Crippen molar-refractivity contribution in [2.24, 2.45) is 0 Å². The van der Waals surface area contributed by atoms with Crippen molar-refractivity contribution >= 4 is 34.0 Å². The van der Waals surface area contributed by atoms with Crippen molar-refractivity contribution in [1.29, 1.82) is 0 Å². The number of hydrogen-bond acceptors (Lipinski definition) is 6. The number of rotatable bonds is 6. The maximum atomic E-state index is 12.7. The van der Waals surface area contributed by atoms with E-state index in [9.17, 15) is 22.8 Å². The van der Waals surface area contributed by atoms with Crippen molar-refractivity contribution in [3.05, 3.63) is 65.2 Å². The van der Waals surface area contributed by atoms with Crippen LogP contribution in [0.2, 0.25) is 0 Å². The molecule has 0 radical (unpaired) electrons. The molecule has 0 saturated carbocycles. The maximum Gasteiger partial charge on any atom is 0.416 e. The van der Waals surface area contributed by atoms with Crippen LogP contribution in [0.25, 0.3) is 0 Å². The number of alkyl halides is 3. The van der Waals surface area contributed by atoms with Crippen LogP contribution in [-0.4, -0.2) is 28.6 Å². The number of hydrogen-bond donors (Lipinski definition) is 2. The van der Waals surface area contributed by atoms with E-state index in [4.69, 9.17) is 4.74 Å². The Balaban J connectivity index is 1.52. The van der Waals surface area contributed by atoms with E-state index < -0.39 is 24.3 Å². The lowest BCUT2D eigenvalue weighted by atomic mass is 10.2. The van der Waals surface area contributed by atoms with Crippen LogP contribution in [0.15, 0.2) is 54.0 Å². The number of carbonyl (C=O) groups excluding carboxylic acids is 2. The lowest BCUT2D eigenvalue weighted by Gasteiger charge is -2.10. The number of benzene rings is 2. The summed E-state index contributed by atoms with van der Waals surface area (Å²) < 4.78 is 43.4. The molecule has 29 heavy (non-hydrogen) atoms. The predicted octanol–water partition coefficient (Wildman–Crippen LogP) is 3.83. The quantitative estimate of drug-likeness (QED) is 0.630. The Morgan fingerprint density at radius 1 is 1.07 bits per heavy atom. The van der Waals surface area contributed by atoms with Crippen molar-refractivity contribution < 1.29 is 27.5 Å². The van der Waals surface area contributed by atoms with E-state index in [2.05, 4.69) is 20.8 Å². The van der Waals surface area contributed by atoms with Crippen LogP contribution < -0.4 is 15.4 Å². The number of ether oxygens (including phenoxy) is 1. The van der Waals surface area contributed by atoms with Gasteiger partial charge in [0.2, 0.25) is 5.13 Å². The van der Waals surface area contributed by atoms with Crippen molar-refractivity contribution in [3.8, 4) is 5.75 Å². The molecular weight excluding hydrogens is 409 g/mol. The molecule has 0 fully saturated rings. The van der Waals surface area contributed by atoms with Gasteiger partial charge in [-0.3, -0.25) is 14.9 Å². The van der Waals surface area contributed by atoms with Gasteiger partial charge in [0, 0.05) is 11.3 Å². The molecule has 0 aliphatic rings. The van der Waals surface area contributed by atoms with Crippen molar-refractivity contribution in [3.63, 3.8) is 0 Å². The number of nitrogens with zero attached hydrogens (tertiary/aromatic N) is 2. The monoisotopic (exact) mass is 422 g/mol. The molecule has 0 atom stereocenters. The zero-order valence-electron chi connectivity index (χ0n) is 14.6. The summed E-state index contributed by atoms with van der Waals surface area (Å²) in [5, 5.41) is 12.6. The Bertz CT molecular complexity index is 992. The van der Waals surface area contributed by atoms with E-state index >= 15 is 0 Å². The summed E-state index contributed by atoms with van der Waals surface area (Å²) in [5.41, 5.74) is 0.980. The first-order valence-electron chi connectivity index (χ1n) is 8.09. The van der Waals surface area contributed by atoms with Crippen LogP contribution in [0.4, 0.5) is 24.0 Å². The van der Waals surface area contributed by atoms with E-state index in [1.165, 1.54) is 53.2 Å². The van der Waals surface area contributed by atoms with E-state index in [1.54, 1.807) is 0 Å². The fourth-order valence-corrected chi connectivity index (χ4v) is 2.66. The predicted molar refractivity (Wildman–Crippen MR) is 99.9 cm³/mol. The van der Waals surface area contributed by atoms with E-state index in [0.29, 0.717) is 16.4 Å². The Morgan fingerprint density at radius 2 is 1.83 bits per heavy atom. The lowest BCUT2D eigenvalue weighted by Crippen LogP contribution is -2.20. The first-order valence-corrected chi connectivity index (χ1v) is 8.97. The minimum absolute atomic E-state index is 0.0112. The van der Waals surface area contributed by atoms with Crippen LogP contribution in [0, 0.1) is 0 Å². The van der Waals surface area contributed by atoms with Crippen LogP contribution in [0.3, 0.4) is 0 Å². The molecule has 2 amide bonds. The average Bonchev–Trinajstić information content (AvgIpc) is 3.19. The van der Waals surface area contributed by atoms with E-state index in [-0.39, 0.29) is 11.6 Å². The summed E-state index contributed by atoms with van der Waals surface area (Å²) >= 11 is 1.18. The molecule has 0 bridgehead atoms. The summed E-state index contributed by atoms with van der Waals surface area (Å²) in [5.74, 6) is -0.685. The van der Waals surface area contributed by atoms with Gasteiger partial charge in [-0.15, -0.1) is 10.2 Å². The van der Waals surface area contributed by atoms with Gasteiger partial charge < -0.3 is 10.1 Å². The molecule has 0 aliphatic carbocycles. The topological polar surface area (TPSA) is 93.2 Å². The first-order chi connectivity index (χ1) is 13.8. The third kappa shape index (κ3) is 5.75. The number of nitrogens with one attached hydrogen (secondary N) is 2. The van der Waals surface area contributed by atoms with Gasteiger partial charge in [-0.05, 0) is 42.5 Å². The molecule has 1 aromatic heterocycles. The van der Waals surface area contributed by atoms with Crippen LogP contribution in [0.5, 0.6) is 5.75 Å². The Hall–Kier alpha value is -3.47. The number of carbonyl (C=O) groups is 2. The lowest BCUT2D eigenvalue weighted by molar-refractivity contribution is -0.137. The number of aromatic nitrogens is 2. The second kappa shape index (κ2) is 8.69. The largest absolute Gasteiger partial charge is 0.484 e. The number of halogens is 3. The van der Waals surface area contributed by atoms with Gasteiger partial charge in [0.15, 0.2) is 6.61 Å². The van der Waals surface area contributed by atoms with E-state index in [1.807, 2.05) is 0 Å². The molecule has 3 aromatic rings. The Morgan fingerprint density at radius 3 is 2.48 bits per heavy atom. The normalized spacial score (nSPS) is 11.0.